The van der Waals surface area contributed by atoms with E-state index in [4.69, 9.17) is 11.5 Å². The van der Waals surface area contributed by atoms with Crippen molar-refractivity contribution >= 4 is 11.8 Å². The Morgan fingerprint density at radius 3 is 1.61 bits per heavy atom. The van der Waals surface area contributed by atoms with Gasteiger partial charge in [-0.25, -0.2) is 9.97 Å². The number of aromatic nitrogens is 4. The van der Waals surface area contributed by atoms with Crippen LogP contribution in [0.1, 0.15) is 21.0 Å². The molecule has 0 unspecified atom stereocenters. The molecule has 0 radical (unpaired) electrons. The van der Waals surface area contributed by atoms with E-state index in [1.54, 1.807) is 21.5 Å². The molecule has 0 atom stereocenters. The maximum absolute atomic E-state index is 10.8. The van der Waals surface area contributed by atoms with E-state index in [0.29, 0.717) is 13.1 Å². The van der Waals surface area contributed by atoms with Gasteiger partial charge in [-0.2, -0.15) is 0 Å². The Labute approximate surface area is 102 Å². The predicted octanol–water partition coefficient (Wildman–Crippen LogP) is -1.02. The SMILES string of the molecule is NC(=O)c1cn(CCn2cnc(C(N)=O)c2)cn1. The van der Waals surface area contributed by atoms with Crippen molar-refractivity contribution in [2.24, 2.45) is 11.5 Å². The van der Waals surface area contributed by atoms with Crippen LogP contribution in [0.3, 0.4) is 0 Å². The minimum absolute atomic E-state index is 0.221. The Balaban J connectivity index is 1.97. The molecule has 2 amide bonds. The number of hydrogen-bond acceptors (Lipinski definition) is 4. The van der Waals surface area contributed by atoms with E-state index in [2.05, 4.69) is 9.97 Å². The summed E-state index contributed by atoms with van der Waals surface area (Å²) in [5.74, 6) is -1.13. The van der Waals surface area contributed by atoms with Crippen LogP contribution < -0.4 is 11.5 Å². The molecule has 0 aliphatic carbocycles. The van der Waals surface area contributed by atoms with E-state index >= 15 is 0 Å². The van der Waals surface area contributed by atoms with Crippen molar-refractivity contribution < 1.29 is 9.59 Å². The Kier molecular flexibility index (Phi) is 3.09. The number of amides is 2. The molecule has 0 aliphatic rings. The highest BCUT2D eigenvalue weighted by atomic mass is 16.1. The van der Waals surface area contributed by atoms with E-state index < -0.39 is 11.8 Å². The Bertz CT molecular complexity index is 532. The Hall–Kier alpha value is -2.64. The van der Waals surface area contributed by atoms with Crippen molar-refractivity contribution in [3.63, 3.8) is 0 Å². The number of nitrogens with two attached hydrogens (primary N) is 2. The fourth-order valence-corrected chi connectivity index (χ4v) is 1.45. The first-order chi connectivity index (χ1) is 8.56. The lowest BCUT2D eigenvalue weighted by Crippen LogP contribution is -2.11. The quantitative estimate of drug-likeness (QED) is 0.702. The topological polar surface area (TPSA) is 122 Å². The van der Waals surface area contributed by atoms with Crippen LogP contribution in [0.15, 0.2) is 25.0 Å². The molecule has 0 aromatic carbocycles. The molecule has 2 aromatic rings. The monoisotopic (exact) mass is 248 g/mol. The van der Waals surface area contributed by atoms with Crippen LogP contribution in [-0.2, 0) is 13.1 Å². The summed E-state index contributed by atoms with van der Waals surface area (Å²) in [6.07, 6.45) is 6.17. The Morgan fingerprint density at radius 2 is 1.33 bits per heavy atom. The zero-order valence-electron chi connectivity index (χ0n) is 9.48. The second-order valence-electron chi connectivity index (χ2n) is 3.72. The van der Waals surface area contributed by atoms with Crippen molar-refractivity contribution in [2.45, 2.75) is 13.1 Å². The first-order valence-electron chi connectivity index (χ1n) is 5.19. The van der Waals surface area contributed by atoms with Gasteiger partial charge in [0.05, 0.1) is 12.7 Å². The molecule has 0 spiro atoms. The lowest BCUT2D eigenvalue weighted by Gasteiger charge is -2.02. The van der Waals surface area contributed by atoms with Gasteiger partial charge < -0.3 is 20.6 Å². The van der Waals surface area contributed by atoms with E-state index in [1.165, 1.54) is 12.7 Å². The largest absolute Gasteiger partial charge is 0.364 e. The molecule has 0 saturated carbocycles. The van der Waals surface area contributed by atoms with Gasteiger partial charge in [0.1, 0.15) is 11.4 Å². The molecule has 8 nitrogen and oxygen atoms in total. The van der Waals surface area contributed by atoms with Crippen LogP contribution in [0.2, 0.25) is 0 Å². The van der Waals surface area contributed by atoms with Crippen molar-refractivity contribution in [1.29, 1.82) is 0 Å². The van der Waals surface area contributed by atoms with Gasteiger partial charge in [0.2, 0.25) is 0 Å². The summed E-state index contributed by atoms with van der Waals surface area (Å²) in [7, 11) is 0. The summed E-state index contributed by atoms with van der Waals surface area (Å²) in [4.78, 5) is 29.4. The average molecular weight is 248 g/mol. The molecule has 2 heterocycles. The smallest absolute Gasteiger partial charge is 0.268 e. The number of hydrogen-bond donors (Lipinski definition) is 2. The number of imidazole rings is 2. The fourth-order valence-electron chi connectivity index (χ4n) is 1.45. The normalized spacial score (nSPS) is 10.4. The van der Waals surface area contributed by atoms with Crippen molar-refractivity contribution in [3.8, 4) is 0 Å². The molecular weight excluding hydrogens is 236 g/mol. The van der Waals surface area contributed by atoms with E-state index in [1.807, 2.05) is 0 Å². The summed E-state index contributed by atoms with van der Waals surface area (Å²) in [6.45, 7) is 1.16. The number of primary amides is 2. The number of nitrogens with zero attached hydrogens (tertiary/aromatic N) is 4. The van der Waals surface area contributed by atoms with Crippen LogP contribution in [0.4, 0.5) is 0 Å². The fraction of sp³-hybridized carbons (Fsp3) is 0.200. The molecule has 0 fully saturated rings. The van der Waals surface area contributed by atoms with Crippen molar-refractivity contribution in [2.75, 3.05) is 0 Å². The molecule has 8 heteroatoms. The molecule has 0 bridgehead atoms. The standard InChI is InChI=1S/C10H12N6O2/c11-9(17)7-3-15(5-13-7)1-2-16-4-8(10(12)18)14-6-16/h3-6H,1-2H2,(H2,11,17)(H2,12,18). The second kappa shape index (κ2) is 4.70. The van der Waals surface area contributed by atoms with Crippen molar-refractivity contribution in [3.05, 3.63) is 36.4 Å². The van der Waals surface area contributed by atoms with Gasteiger partial charge in [0.15, 0.2) is 0 Å². The maximum atomic E-state index is 10.8. The lowest BCUT2D eigenvalue weighted by atomic mass is 10.4. The molecule has 2 aromatic heterocycles. The summed E-state index contributed by atoms with van der Waals surface area (Å²) in [6, 6.07) is 0. The van der Waals surface area contributed by atoms with Crippen LogP contribution >= 0.6 is 0 Å². The molecule has 2 rings (SSSR count). The molecule has 94 valence electrons. The highest BCUT2D eigenvalue weighted by molar-refractivity contribution is 5.90. The summed E-state index contributed by atoms with van der Waals surface area (Å²) >= 11 is 0. The van der Waals surface area contributed by atoms with E-state index in [-0.39, 0.29) is 11.4 Å². The predicted molar refractivity (Wildman–Crippen MR) is 61.5 cm³/mol. The number of carbonyl (C=O) groups excluding carboxylic acids is 2. The zero-order valence-corrected chi connectivity index (χ0v) is 9.48. The van der Waals surface area contributed by atoms with E-state index in [9.17, 15) is 9.59 Å². The average Bonchev–Trinajstić information content (AvgIpc) is 2.95. The minimum atomic E-state index is -0.563. The number of aryl methyl sites for hydroxylation is 2. The molecule has 4 N–H and O–H groups in total. The zero-order chi connectivity index (χ0) is 13.1. The minimum Gasteiger partial charge on any atom is -0.364 e. The maximum Gasteiger partial charge on any atom is 0.268 e. The van der Waals surface area contributed by atoms with Gasteiger partial charge >= 0.3 is 0 Å². The Morgan fingerprint density at radius 1 is 0.944 bits per heavy atom. The molecule has 0 aliphatic heterocycles. The van der Waals surface area contributed by atoms with Crippen LogP contribution in [0.5, 0.6) is 0 Å². The number of rotatable bonds is 5. The summed E-state index contributed by atoms with van der Waals surface area (Å²) in [5, 5.41) is 0. The molecule has 18 heavy (non-hydrogen) atoms. The van der Waals surface area contributed by atoms with Gasteiger partial charge in [-0.15, -0.1) is 0 Å². The van der Waals surface area contributed by atoms with Crippen LogP contribution in [0.25, 0.3) is 0 Å². The summed E-state index contributed by atoms with van der Waals surface area (Å²) < 4.78 is 3.45. The second-order valence-corrected chi connectivity index (χ2v) is 3.72. The third-order valence-electron chi connectivity index (χ3n) is 2.39. The van der Waals surface area contributed by atoms with Crippen LogP contribution in [0, 0.1) is 0 Å². The first kappa shape index (κ1) is 11.8. The third kappa shape index (κ3) is 2.54. The van der Waals surface area contributed by atoms with Gasteiger partial charge in [-0.05, 0) is 0 Å². The molecular formula is C10H12N6O2. The van der Waals surface area contributed by atoms with Gasteiger partial charge in [0, 0.05) is 25.5 Å². The highest BCUT2D eigenvalue weighted by Gasteiger charge is 2.06. The molecule has 0 saturated heterocycles. The highest BCUT2D eigenvalue weighted by Crippen LogP contribution is 1.99. The van der Waals surface area contributed by atoms with Gasteiger partial charge in [-0.1, -0.05) is 0 Å². The number of carbonyl (C=O) groups is 2. The van der Waals surface area contributed by atoms with E-state index in [0.717, 1.165) is 0 Å². The van der Waals surface area contributed by atoms with Gasteiger partial charge in [0.25, 0.3) is 11.8 Å². The third-order valence-corrected chi connectivity index (χ3v) is 2.39. The van der Waals surface area contributed by atoms with Gasteiger partial charge in [-0.3, -0.25) is 9.59 Å². The van der Waals surface area contributed by atoms with Crippen molar-refractivity contribution in [1.82, 2.24) is 19.1 Å². The summed E-state index contributed by atoms with van der Waals surface area (Å²) in [5.41, 5.74) is 10.6. The van der Waals surface area contributed by atoms with Crippen LogP contribution in [-0.4, -0.2) is 30.9 Å². The first-order valence-corrected chi connectivity index (χ1v) is 5.19. The lowest BCUT2D eigenvalue weighted by molar-refractivity contribution is 0.0987.